The zero-order valence-electron chi connectivity index (χ0n) is 24.7. The SMILES string of the molecule is CCCCCC(=O)O[C@@]12C[C@@H](N)[C@]34C=C(C)[C@H](OC(=O)C(C)=C(C)C)[C@@]3(O)[C@H](O)C(CO)=C[C@H](C4=O)[C@@H]1C2(C)C. The van der Waals surface area contributed by atoms with Crippen molar-refractivity contribution < 1.29 is 39.2 Å². The summed E-state index contributed by atoms with van der Waals surface area (Å²) in [5.41, 5.74) is 2.40. The van der Waals surface area contributed by atoms with Crippen LogP contribution in [0.4, 0.5) is 0 Å². The molecule has 0 aromatic carbocycles. The molecule has 0 aromatic heterocycles. The molecule has 0 saturated heterocycles. The van der Waals surface area contributed by atoms with Crippen molar-refractivity contribution in [2.24, 2.45) is 28.4 Å². The topological polar surface area (TPSA) is 156 Å². The van der Waals surface area contributed by atoms with E-state index < -0.39 is 70.5 Å². The maximum atomic E-state index is 14.6. The Bertz CT molecular complexity index is 1200. The fourth-order valence-electron chi connectivity index (χ4n) is 7.75. The van der Waals surface area contributed by atoms with Crippen molar-refractivity contribution >= 4 is 17.7 Å². The van der Waals surface area contributed by atoms with Gasteiger partial charge in [-0.3, -0.25) is 9.59 Å². The van der Waals surface area contributed by atoms with Gasteiger partial charge in [0.2, 0.25) is 0 Å². The molecule has 0 aromatic rings. The molecule has 4 aliphatic rings. The maximum absolute atomic E-state index is 14.6. The molecule has 4 aliphatic carbocycles. The zero-order chi connectivity index (χ0) is 30.0. The second-order valence-electron chi connectivity index (χ2n) is 13.0. The molecule has 2 fully saturated rings. The molecule has 5 N–H and O–H groups in total. The van der Waals surface area contributed by atoms with Gasteiger partial charge in [0.15, 0.2) is 17.5 Å². The first-order valence-electron chi connectivity index (χ1n) is 14.4. The fourth-order valence-corrected chi connectivity index (χ4v) is 7.75. The second-order valence-corrected chi connectivity index (χ2v) is 13.0. The van der Waals surface area contributed by atoms with Crippen LogP contribution in [0.25, 0.3) is 0 Å². The quantitative estimate of drug-likeness (QED) is 0.152. The van der Waals surface area contributed by atoms with E-state index in [2.05, 4.69) is 0 Å². The van der Waals surface area contributed by atoms with Crippen LogP contribution in [-0.4, -0.2) is 69.1 Å². The molecule has 8 atom stereocenters. The third-order valence-corrected chi connectivity index (χ3v) is 10.3. The summed E-state index contributed by atoms with van der Waals surface area (Å²) in [7, 11) is 0. The Morgan fingerprint density at radius 2 is 1.82 bits per heavy atom. The standard InChI is InChI=1S/C31H45NO8/c1-8-9-10-11-22(34)40-30-14-21(32)29-13-17(4)26(39-27(37)18(5)16(2)3)31(29,38)24(35)19(15-33)12-20(25(29)36)23(30)28(30,6)7/h12-13,20-21,23-24,26,33,35,38H,8-11,14-15,32H2,1-7H3/t20-,21+,23+,24+,26-,29-,30-,31-/m0/s1. The first-order valence-corrected chi connectivity index (χ1v) is 14.4. The van der Waals surface area contributed by atoms with E-state index in [1.807, 2.05) is 20.8 Å². The van der Waals surface area contributed by atoms with Crippen LogP contribution in [0.2, 0.25) is 0 Å². The van der Waals surface area contributed by atoms with Gasteiger partial charge in [0.25, 0.3) is 0 Å². The van der Waals surface area contributed by atoms with Gasteiger partial charge in [0.05, 0.1) is 12.0 Å². The maximum Gasteiger partial charge on any atom is 0.334 e. The molecule has 0 aliphatic heterocycles. The number of ether oxygens (including phenoxy) is 2. The van der Waals surface area contributed by atoms with Crippen LogP contribution < -0.4 is 5.73 Å². The zero-order valence-corrected chi connectivity index (χ0v) is 24.7. The molecule has 9 nitrogen and oxygen atoms in total. The van der Waals surface area contributed by atoms with E-state index >= 15 is 0 Å². The van der Waals surface area contributed by atoms with Crippen molar-refractivity contribution in [3.63, 3.8) is 0 Å². The molecule has 0 unspecified atom stereocenters. The number of aliphatic hydroxyl groups is 3. The Morgan fingerprint density at radius 3 is 2.40 bits per heavy atom. The van der Waals surface area contributed by atoms with E-state index in [-0.39, 0.29) is 24.4 Å². The van der Waals surface area contributed by atoms with Crippen LogP contribution in [-0.2, 0) is 23.9 Å². The number of allylic oxidation sites excluding steroid dienone is 2. The third-order valence-electron chi connectivity index (χ3n) is 10.3. The lowest BCUT2D eigenvalue weighted by atomic mass is 9.61. The molecule has 2 bridgehead atoms. The molecule has 0 amide bonds. The molecule has 4 rings (SSSR count). The average molecular weight is 560 g/mol. The largest absolute Gasteiger partial charge is 0.458 e. The van der Waals surface area contributed by atoms with Gasteiger partial charge < -0.3 is 30.5 Å². The predicted octanol–water partition coefficient (Wildman–Crippen LogP) is 2.66. The molecule has 0 radical (unpaired) electrons. The molecule has 222 valence electrons. The highest BCUT2D eigenvalue weighted by Crippen LogP contribution is 2.74. The summed E-state index contributed by atoms with van der Waals surface area (Å²) in [5.74, 6) is -2.88. The molecular formula is C31H45NO8. The molecule has 40 heavy (non-hydrogen) atoms. The number of hydrogen-bond acceptors (Lipinski definition) is 9. The van der Waals surface area contributed by atoms with Crippen LogP contribution in [0.5, 0.6) is 0 Å². The summed E-state index contributed by atoms with van der Waals surface area (Å²) in [4.78, 5) is 40.7. The number of aliphatic hydroxyl groups excluding tert-OH is 2. The lowest BCUT2D eigenvalue weighted by molar-refractivity contribution is -0.198. The van der Waals surface area contributed by atoms with Gasteiger partial charge in [-0.2, -0.15) is 0 Å². The Balaban J connectivity index is 1.85. The Labute approximate surface area is 236 Å². The van der Waals surface area contributed by atoms with E-state index in [9.17, 15) is 29.7 Å². The van der Waals surface area contributed by atoms with E-state index in [1.165, 1.54) is 12.2 Å². The highest BCUT2D eigenvalue weighted by Gasteiger charge is 2.83. The van der Waals surface area contributed by atoms with Crippen molar-refractivity contribution in [1.82, 2.24) is 0 Å². The number of ketones is 1. The average Bonchev–Trinajstić information content (AvgIpc) is 3.28. The first-order chi connectivity index (χ1) is 18.6. The van der Waals surface area contributed by atoms with Gasteiger partial charge in [-0.05, 0) is 45.3 Å². The Kier molecular flexibility index (Phi) is 7.80. The lowest BCUT2D eigenvalue weighted by Crippen LogP contribution is -2.69. The second kappa shape index (κ2) is 10.2. The molecule has 9 heteroatoms. The summed E-state index contributed by atoms with van der Waals surface area (Å²) >= 11 is 0. The first kappa shape index (κ1) is 30.6. The fraction of sp³-hybridized carbons (Fsp3) is 0.710. The summed E-state index contributed by atoms with van der Waals surface area (Å²) in [6, 6.07) is -1.09. The summed E-state index contributed by atoms with van der Waals surface area (Å²) < 4.78 is 12.0. The van der Waals surface area contributed by atoms with Crippen LogP contribution in [0.3, 0.4) is 0 Å². The normalized spacial score (nSPS) is 39.1. The predicted molar refractivity (Wildman–Crippen MR) is 148 cm³/mol. The van der Waals surface area contributed by atoms with Gasteiger partial charge in [0.1, 0.15) is 11.7 Å². The highest BCUT2D eigenvalue weighted by molar-refractivity contribution is 5.97. The number of carbonyl (C=O) groups is 3. The lowest BCUT2D eigenvalue weighted by Gasteiger charge is -2.48. The monoisotopic (exact) mass is 559 g/mol. The van der Waals surface area contributed by atoms with Crippen molar-refractivity contribution in [3.05, 3.63) is 34.4 Å². The minimum Gasteiger partial charge on any atom is -0.458 e. The molecule has 2 saturated carbocycles. The van der Waals surface area contributed by atoms with Crippen molar-refractivity contribution in [2.45, 2.75) is 110 Å². The number of rotatable bonds is 8. The highest BCUT2D eigenvalue weighted by atomic mass is 16.6. The number of Topliss-reactive ketones (excluding diaryl/α,β-unsaturated/α-hetero) is 1. The summed E-state index contributed by atoms with van der Waals surface area (Å²) in [5, 5.41) is 34.5. The number of fused-ring (bicyclic) bond motifs is 3. The number of esters is 2. The van der Waals surface area contributed by atoms with Crippen LogP contribution in [0.15, 0.2) is 34.4 Å². The number of carbonyl (C=O) groups excluding carboxylic acids is 3. The van der Waals surface area contributed by atoms with Crippen LogP contribution >= 0.6 is 0 Å². The van der Waals surface area contributed by atoms with Crippen molar-refractivity contribution in [3.8, 4) is 0 Å². The van der Waals surface area contributed by atoms with Gasteiger partial charge in [-0.25, -0.2) is 4.79 Å². The van der Waals surface area contributed by atoms with Crippen LogP contribution in [0, 0.1) is 22.7 Å². The molecule has 1 spiro atoms. The minimum absolute atomic E-state index is 0.0331. The molecule has 0 heterocycles. The van der Waals surface area contributed by atoms with Crippen molar-refractivity contribution in [1.29, 1.82) is 0 Å². The van der Waals surface area contributed by atoms with Gasteiger partial charge in [0, 0.05) is 41.7 Å². The molecular weight excluding hydrogens is 514 g/mol. The van der Waals surface area contributed by atoms with Crippen molar-refractivity contribution in [2.75, 3.05) is 6.61 Å². The van der Waals surface area contributed by atoms with E-state index in [1.54, 1.807) is 27.7 Å². The smallest absolute Gasteiger partial charge is 0.334 e. The van der Waals surface area contributed by atoms with Crippen LogP contribution in [0.1, 0.15) is 80.6 Å². The Hall–Kier alpha value is -2.33. The third kappa shape index (κ3) is 3.99. The van der Waals surface area contributed by atoms with Gasteiger partial charge >= 0.3 is 11.9 Å². The number of nitrogens with two attached hydrogens (primary N) is 1. The minimum atomic E-state index is -2.39. The van der Waals surface area contributed by atoms with E-state index in [0.717, 1.165) is 18.4 Å². The van der Waals surface area contributed by atoms with Gasteiger partial charge in [-0.15, -0.1) is 0 Å². The number of hydrogen-bond donors (Lipinski definition) is 4. The summed E-state index contributed by atoms with van der Waals surface area (Å²) in [6.07, 6.45) is 2.75. The van der Waals surface area contributed by atoms with Gasteiger partial charge in [-0.1, -0.05) is 51.3 Å². The van der Waals surface area contributed by atoms with E-state index in [0.29, 0.717) is 17.6 Å². The summed E-state index contributed by atoms with van der Waals surface area (Å²) in [6.45, 7) is 12.0. The van der Waals surface area contributed by atoms with E-state index in [4.69, 9.17) is 15.2 Å². The number of unbranched alkanes of at least 4 members (excludes halogenated alkanes) is 2. The Morgan fingerprint density at radius 1 is 1.18 bits per heavy atom.